The molecule has 1 aliphatic heterocycles. The molecule has 0 spiro atoms. The predicted molar refractivity (Wildman–Crippen MR) is 98.9 cm³/mol. The number of carbonyl (C=O) groups is 2. The van der Waals surface area contributed by atoms with Crippen LogP contribution < -0.4 is 10.1 Å². The highest BCUT2D eigenvalue weighted by molar-refractivity contribution is 6.02. The van der Waals surface area contributed by atoms with Gasteiger partial charge in [-0.1, -0.05) is 18.2 Å². The fourth-order valence-corrected chi connectivity index (χ4v) is 4.12. The first-order valence-electron chi connectivity index (χ1n) is 9.11. The van der Waals surface area contributed by atoms with Gasteiger partial charge in [-0.25, -0.2) is 8.78 Å². The number of nitrogens with one attached hydrogen (secondary N) is 1. The summed E-state index contributed by atoms with van der Waals surface area (Å²) in [6, 6.07) is 10.7. The van der Waals surface area contributed by atoms with Crippen LogP contribution in [-0.4, -0.2) is 18.8 Å². The zero-order valence-corrected chi connectivity index (χ0v) is 15.3. The summed E-state index contributed by atoms with van der Waals surface area (Å²) in [6.45, 7) is 0. The van der Waals surface area contributed by atoms with Gasteiger partial charge in [-0.05, 0) is 41.7 Å². The van der Waals surface area contributed by atoms with Crippen molar-refractivity contribution < 1.29 is 23.1 Å². The molecule has 0 saturated carbocycles. The molecule has 0 aromatic heterocycles. The van der Waals surface area contributed by atoms with Crippen LogP contribution in [0.4, 0.5) is 8.78 Å². The second-order valence-electron chi connectivity index (χ2n) is 7.16. The molecule has 0 saturated heterocycles. The zero-order chi connectivity index (χ0) is 19.8. The van der Waals surface area contributed by atoms with Gasteiger partial charge in [-0.2, -0.15) is 0 Å². The maximum absolute atomic E-state index is 14.3. The number of ether oxygens (including phenoxy) is 1. The summed E-state index contributed by atoms with van der Waals surface area (Å²) in [4.78, 5) is 25.2. The van der Waals surface area contributed by atoms with Crippen molar-refractivity contribution in [3.05, 3.63) is 76.5 Å². The van der Waals surface area contributed by atoms with Crippen LogP contribution in [0, 0.1) is 11.6 Å². The summed E-state index contributed by atoms with van der Waals surface area (Å²) in [7, 11) is 1.59. The molecule has 0 fully saturated rings. The Kier molecular flexibility index (Phi) is 4.71. The van der Waals surface area contributed by atoms with Gasteiger partial charge in [0.15, 0.2) is 5.78 Å². The molecule has 0 radical (unpaired) electrons. The fraction of sp³-hybridized carbons (Fsp3) is 0.273. The molecule has 0 bridgehead atoms. The molecule has 1 N–H and O–H groups in total. The molecule has 4 nitrogen and oxygen atoms in total. The summed E-state index contributed by atoms with van der Waals surface area (Å²) in [6.07, 6.45) is 0.735. The van der Waals surface area contributed by atoms with Crippen LogP contribution in [0.5, 0.6) is 5.75 Å². The highest BCUT2D eigenvalue weighted by atomic mass is 19.1. The summed E-state index contributed by atoms with van der Waals surface area (Å²) in [5.41, 5.74) is 2.14. The maximum atomic E-state index is 14.3. The Morgan fingerprint density at radius 2 is 1.75 bits per heavy atom. The monoisotopic (exact) mass is 383 g/mol. The molecule has 4 rings (SSSR count). The van der Waals surface area contributed by atoms with E-state index in [9.17, 15) is 18.4 Å². The van der Waals surface area contributed by atoms with Gasteiger partial charge >= 0.3 is 0 Å². The molecule has 2 aromatic rings. The SMILES string of the molecule is COc1ccc([C@@H]2CC(=O)C3=C(C2)NC(=O)C[C@@H]3c2ccc(F)cc2F)cc1. The molecular weight excluding hydrogens is 364 g/mol. The molecule has 144 valence electrons. The predicted octanol–water partition coefficient (Wildman–Crippen LogP) is 3.98. The van der Waals surface area contributed by atoms with Crippen LogP contribution in [0.15, 0.2) is 53.7 Å². The molecule has 6 heteroatoms. The number of rotatable bonds is 3. The Hall–Kier alpha value is -3.02. The van der Waals surface area contributed by atoms with E-state index in [4.69, 9.17) is 4.74 Å². The van der Waals surface area contributed by atoms with E-state index in [-0.39, 0.29) is 36.0 Å². The van der Waals surface area contributed by atoms with Crippen molar-refractivity contribution in [2.75, 3.05) is 7.11 Å². The Labute approximate surface area is 161 Å². The Morgan fingerprint density at radius 3 is 2.43 bits per heavy atom. The van der Waals surface area contributed by atoms with E-state index in [1.165, 1.54) is 6.07 Å². The van der Waals surface area contributed by atoms with Gasteiger partial charge in [0.25, 0.3) is 0 Å². The quantitative estimate of drug-likeness (QED) is 0.872. The van der Waals surface area contributed by atoms with Crippen molar-refractivity contribution in [3.8, 4) is 5.75 Å². The number of halogens is 2. The number of Topliss-reactive ketones (excluding diaryl/α,β-unsaturated/α-hetero) is 1. The van der Waals surface area contributed by atoms with Gasteiger partial charge < -0.3 is 10.1 Å². The number of carbonyl (C=O) groups excluding carboxylic acids is 2. The number of hydrogen-bond donors (Lipinski definition) is 1. The van der Waals surface area contributed by atoms with E-state index in [0.717, 1.165) is 23.4 Å². The first kappa shape index (κ1) is 18.3. The van der Waals surface area contributed by atoms with Gasteiger partial charge in [0.2, 0.25) is 5.91 Å². The largest absolute Gasteiger partial charge is 0.497 e. The number of amides is 1. The summed E-state index contributed by atoms with van der Waals surface area (Å²) < 4.78 is 32.8. The number of ketones is 1. The Balaban J connectivity index is 1.70. The van der Waals surface area contributed by atoms with Crippen molar-refractivity contribution in [1.82, 2.24) is 5.32 Å². The molecular formula is C22H19F2NO3. The smallest absolute Gasteiger partial charge is 0.225 e. The van der Waals surface area contributed by atoms with Crippen molar-refractivity contribution in [2.24, 2.45) is 0 Å². The second kappa shape index (κ2) is 7.19. The lowest BCUT2D eigenvalue weighted by atomic mass is 9.73. The highest BCUT2D eigenvalue weighted by Crippen LogP contribution is 2.43. The summed E-state index contributed by atoms with van der Waals surface area (Å²) >= 11 is 0. The van der Waals surface area contributed by atoms with Crippen molar-refractivity contribution in [1.29, 1.82) is 0 Å². The van der Waals surface area contributed by atoms with Gasteiger partial charge in [-0.3, -0.25) is 9.59 Å². The van der Waals surface area contributed by atoms with Gasteiger partial charge in [0.05, 0.1) is 7.11 Å². The van der Waals surface area contributed by atoms with E-state index < -0.39 is 17.6 Å². The fourth-order valence-electron chi connectivity index (χ4n) is 4.12. The summed E-state index contributed by atoms with van der Waals surface area (Å²) in [5.74, 6) is -1.85. The third kappa shape index (κ3) is 3.30. The van der Waals surface area contributed by atoms with Crippen LogP contribution in [-0.2, 0) is 9.59 Å². The minimum atomic E-state index is -0.739. The van der Waals surface area contributed by atoms with Crippen LogP contribution in [0.25, 0.3) is 0 Å². The van der Waals surface area contributed by atoms with E-state index in [1.807, 2.05) is 24.3 Å². The molecule has 1 heterocycles. The molecule has 0 unspecified atom stereocenters. The Bertz CT molecular complexity index is 982. The highest BCUT2D eigenvalue weighted by Gasteiger charge is 2.39. The number of hydrogen-bond acceptors (Lipinski definition) is 3. The van der Waals surface area contributed by atoms with Crippen molar-refractivity contribution in [3.63, 3.8) is 0 Å². The minimum Gasteiger partial charge on any atom is -0.497 e. The van der Waals surface area contributed by atoms with Crippen molar-refractivity contribution >= 4 is 11.7 Å². The maximum Gasteiger partial charge on any atom is 0.225 e. The molecule has 2 aliphatic rings. The lowest BCUT2D eigenvalue weighted by molar-refractivity contribution is -0.122. The molecule has 1 aliphatic carbocycles. The van der Waals surface area contributed by atoms with E-state index >= 15 is 0 Å². The second-order valence-corrected chi connectivity index (χ2v) is 7.16. The van der Waals surface area contributed by atoms with E-state index in [2.05, 4.69) is 5.32 Å². The lowest BCUT2D eigenvalue weighted by Crippen LogP contribution is -2.38. The first-order chi connectivity index (χ1) is 13.5. The molecule has 2 atom stereocenters. The topological polar surface area (TPSA) is 55.4 Å². The average molecular weight is 383 g/mol. The molecule has 2 aromatic carbocycles. The van der Waals surface area contributed by atoms with Crippen molar-refractivity contribution in [2.45, 2.75) is 31.1 Å². The third-order valence-electron chi connectivity index (χ3n) is 5.46. The molecule has 28 heavy (non-hydrogen) atoms. The number of benzene rings is 2. The minimum absolute atomic E-state index is 0.0275. The van der Waals surface area contributed by atoms with Crippen LogP contribution in [0.3, 0.4) is 0 Å². The van der Waals surface area contributed by atoms with Crippen LogP contribution in [0.2, 0.25) is 0 Å². The van der Waals surface area contributed by atoms with Crippen LogP contribution in [0.1, 0.15) is 42.2 Å². The molecule has 1 amide bonds. The number of methoxy groups -OCH3 is 1. The van der Waals surface area contributed by atoms with Gasteiger partial charge in [0, 0.05) is 36.1 Å². The van der Waals surface area contributed by atoms with E-state index in [0.29, 0.717) is 17.7 Å². The normalized spacial score (nSPS) is 22.0. The lowest BCUT2D eigenvalue weighted by Gasteiger charge is -2.34. The van der Waals surface area contributed by atoms with Gasteiger partial charge in [0.1, 0.15) is 17.4 Å². The standard InChI is InChI=1S/C22H19F2NO3/c1-28-15-5-2-12(3-6-15)13-8-19-22(20(26)9-13)17(11-21(27)25-19)16-7-4-14(23)10-18(16)24/h2-7,10,13,17H,8-9,11H2,1H3,(H,25,27)/t13-,17+/m0/s1. The summed E-state index contributed by atoms with van der Waals surface area (Å²) in [5, 5.41) is 2.80. The Morgan fingerprint density at radius 1 is 1.00 bits per heavy atom. The van der Waals surface area contributed by atoms with Crippen LogP contribution >= 0.6 is 0 Å². The first-order valence-corrected chi connectivity index (χ1v) is 9.11. The average Bonchev–Trinajstić information content (AvgIpc) is 2.67. The number of allylic oxidation sites excluding steroid dienone is 2. The van der Waals surface area contributed by atoms with E-state index in [1.54, 1.807) is 7.11 Å². The third-order valence-corrected chi connectivity index (χ3v) is 5.46. The zero-order valence-electron chi connectivity index (χ0n) is 15.3. The van der Waals surface area contributed by atoms with Gasteiger partial charge in [-0.15, -0.1) is 0 Å².